The summed E-state index contributed by atoms with van der Waals surface area (Å²) >= 11 is 0. The number of fused-ring (bicyclic) bond motifs is 1. The minimum atomic E-state index is 0.490. The Bertz CT molecular complexity index is 612. The first kappa shape index (κ1) is 13.2. The van der Waals surface area contributed by atoms with Gasteiger partial charge in [0, 0.05) is 32.4 Å². The van der Waals surface area contributed by atoms with Crippen molar-refractivity contribution in [3.8, 4) is 0 Å². The van der Waals surface area contributed by atoms with Crippen molar-refractivity contribution in [3.05, 3.63) is 24.2 Å². The van der Waals surface area contributed by atoms with Gasteiger partial charge in [-0.1, -0.05) is 0 Å². The first-order valence-electron chi connectivity index (χ1n) is 8.02. The first-order chi connectivity index (χ1) is 10.4. The van der Waals surface area contributed by atoms with Gasteiger partial charge in [0.1, 0.15) is 11.3 Å². The summed E-state index contributed by atoms with van der Waals surface area (Å²) < 4.78 is 8.01. The molecule has 4 rings (SSSR count). The Kier molecular flexibility index (Phi) is 3.61. The third-order valence-corrected chi connectivity index (χ3v) is 4.65. The molecule has 0 spiro atoms. The molecule has 2 aliphatic rings. The number of pyridine rings is 1. The van der Waals surface area contributed by atoms with Crippen LogP contribution in [0.4, 0.5) is 0 Å². The van der Waals surface area contributed by atoms with Gasteiger partial charge in [0.15, 0.2) is 5.65 Å². The highest BCUT2D eigenvalue weighted by Gasteiger charge is 2.25. The van der Waals surface area contributed by atoms with Crippen LogP contribution in [-0.4, -0.2) is 40.8 Å². The molecule has 2 fully saturated rings. The largest absolute Gasteiger partial charge is 0.381 e. The fourth-order valence-electron chi connectivity index (χ4n) is 3.59. The maximum atomic E-state index is 5.63. The molecule has 0 radical (unpaired) electrons. The highest BCUT2D eigenvalue weighted by molar-refractivity contribution is 5.71. The number of imidazole rings is 1. The average molecular weight is 286 g/mol. The molecule has 2 atom stereocenters. The summed E-state index contributed by atoms with van der Waals surface area (Å²) in [7, 11) is 0. The van der Waals surface area contributed by atoms with Crippen LogP contribution in [0.15, 0.2) is 18.3 Å². The van der Waals surface area contributed by atoms with E-state index in [1.807, 2.05) is 12.3 Å². The molecule has 0 saturated carbocycles. The fraction of sp³-hybridized carbons (Fsp3) is 0.625. The van der Waals surface area contributed by atoms with Gasteiger partial charge in [-0.2, -0.15) is 0 Å². The third kappa shape index (κ3) is 2.56. The maximum Gasteiger partial charge on any atom is 0.160 e. The highest BCUT2D eigenvalue weighted by atomic mass is 16.5. The van der Waals surface area contributed by atoms with Crippen molar-refractivity contribution in [2.75, 3.05) is 26.3 Å². The third-order valence-electron chi connectivity index (χ3n) is 4.65. The van der Waals surface area contributed by atoms with Crippen LogP contribution in [0.25, 0.3) is 11.2 Å². The lowest BCUT2D eigenvalue weighted by atomic mass is 9.98. The van der Waals surface area contributed by atoms with Gasteiger partial charge in [-0.05, 0) is 43.9 Å². The van der Waals surface area contributed by atoms with Gasteiger partial charge < -0.3 is 14.6 Å². The molecule has 2 aromatic rings. The van der Waals surface area contributed by atoms with Crippen LogP contribution in [0, 0.1) is 5.92 Å². The first-order valence-corrected chi connectivity index (χ1v) is 8.02. The number of hydrogen-bond acceptors (Lipinski definition) is 4. The Labute approximate surface area is 124 Å². The monoisotopic (exact) mass is 286 g/mol. The maximum absolute atomic E-state index is 5.63. The zero-order valence-corrected chi connectivity index (χ0v) is 12.3. The van der Waals surface area contributed by atoms with E-state index in [0.717, 1.165) is 50.3 Å². The summed E-state index contributed by atoms with van der Waals surface area (Å²) in [6.07, 6.45) is 6.47. The van der Waals surface area contributed by atoms with Gasteiger partial charge in [-0.25, -0.2) is 9.97 Å². The molecule has 2 unspecified atom stereocenters. The van der Waals surface area contributed by atoms with E-state index in [1.54, 1.807) is 0 Å². The molecule has 0 aromatic carbocycles. The number of ether oxygens (including phenoxy) is 1. The summed E-state index contributed by atoms with van der Waals surface area (Å²) in [4.78, 5) is 9.45. The Morgan fingerprint density at radius 3 is 3.19 bits per heavy atom. The smallest absolute Gasteiger partial charge is 0.160 e. The molecule has 0 amide bonds. The molecule has 0 aliphatic carbocycles. The molecule has 0 bridgehead atoms. The van der Waals surface area contributed by atoms with Crippen LogP contribution in [0.5, 0.6) is 0 Å². The van der Waals surface area contributed by atoms with Crippen LogP contribution in [0.3, 0.4) is 0 Å². The normalized spacial score (nSPS) is 26.5. The standard InChI is InChI=1S/C16H22N4O/c1-4-14-16(18-6-1)20(13-5-7-17-10-13)15(19-14)9-12-3-2-8-21-11-12/h1,4,6,12-13,17H,2-3,5,7-11H2. The topological polar surface area (TPSA) is 52.0 Å². The van der Waals surface area contributed by atoms with Gasteiger partial charge >= 0.3 is 0 Å². The molecule has 112 valence electrons. The average Bonchev–Trinajstić information content (AvgIpc) is 3.14. The van der Waals surface area contributed by atoms with E-state index in [9.17, 15) is 0 Å². The van der Waals surface area contributed by atoms with Crippen molar-refractivity contribution < 1.29 is 4.74 Å². The predicted molar refractivity (Wildman–Crippen MR) is 81.3 cm³/mol. The van der Waals surface area contributed by atoms with Crippen molar-refractivity contribution in [1.29, 1.82) is 0 Å². The number of nitrogens with zero attached hydrogens (tertiary/aromatic N) is 3. The molecule has 2 aromatic heterocycles. The second-order valence-corrected chi connectivity index (χ2v) is 6.18. The Morgan fingerprint density at radius 2 is 2.38 bits per heavy atom. The Morgan fingerprint density at radius 1 is 1.38 bits per heavy atom. The zero-order chi connectivity index (χ0) is 14.1. The van der Waals surface area contributed by atoms with E-state index in [0.29, 0.717) is 12.0 Å². The molecule has 5 heteroatoms. The van der Waals surface area contributed by atoms with E-state index in [-0.39, 0.29) is 0 Å². The lowest BCUT2D eigenvalue weighted by Gasteiger charge is -2.23. The summed E-state index contributed by atoms with van der Waals surface area (Å²) in [5.74, 6) is 1.79. The molecule has 2 aliphatic heterocycles. The summed E-state index contributed by atoms with van der Waals surface area (Å²) in [5, 5.41) is 3.46. The second kappa shape index (κ2) is 5.73. The van der Waals surface area contributed by atoms with Crippen LogP contribution in [-0.2, 0) is 11.2 Å². The van der Waals surface area contributed by atoms with Crippen molar-refractivity contribution in [1.82, 2.24) is 19.9 Å². The van der Waals surface area contributed by atoms with Gasteiger partial charge in [0.05, 0.1) is 6.04 Å². The van der Waals surface area contributed by atoms with E-state index in [2.05, 4.69) is 20.9 Å². The molecular formula is C16H22N4O. The van der Waals surface area contributed by atoms with Crippen molar-refractivity contribution in [2.24, 2.45) is 5.92 Å². The van der Waals surface area contributed by atoms with Gasteiger partial charge in [0.25, 0.3) is 0 Å². The van der Waals surface area contributed by atoms with Gasteiger partial charge in [-0.3, -0.25) is 0 Å². The molecule has 1 N–H and O–H groups in total. The molecule has 21 heavy (non-hydrogen) atoms. The van der Waals surface area contributed by atoms with Gasteiger partial charge in [-0.15, -0.1) is 0 Å². The lowest BCUT2D eigenvalue weighted by Crippen LogP contribution is -2.23. The minimum absolute atomic E-state index is 0.490. The lowest BCUT2D eigenvalue weighted by molar-refractivity contribution is 0.0539. The van der Waals surface area contributed by atoms with Gasteiger partial charge in [0.2, 0.25) is 0 Å². The Hall–Kier alpha value is -1.46. The minimum Gasteiger partial charge on any atom is -0.381 e. The van der Waals surface area contributed by atoms with Crippen LogP contribution in [0.2, 0.25) is 0 Å². The van der Waals surface area contributed by atoms with E-state index in [4.69, 9.17) is 9.72 Å². The molecule has 5 nitrogen and oxygen atoms in total. The summed E-state index contributed by atoms with van der Waals surface area (Å²) in [6, 6.07) is 4.53. The van der Waals surface area contributed by atoms with Crippen LogP contribution >= 0.6 is 0 Å². The summed E-state index contributed by atoms with van der Waals surface area (Å²) in [6.45, 7) is 3.90. The SMILES string of the molecule is c1cnc2c(c1)nc(CC1CCCOC1)n2C1CCNC1. The predicted octanol–water partition coefficient (Wildman–Crippen LogP) is 1.93. The van der Waals surface area contributed by atoms with E-state index in [1.165, 1.54) is 18.7 Å². The van der Waals surface area contributed by atoms with Crippen LogP contribution in [0.1, 0.15) is 31.1 Å². The second-order valence-electron chi connectivity index (χ2n) is 6.18. The zero-order valence-electron chi connectivity index (χ0n) is 12.3. The highest BCUT2D eigenvalue weighted by Crippen LogP contribution is 2.27. The number of nitrogens with one attached hydrogen (secondary N) is 1. The Balaban J connectivity index is 1.70. The number of rotatable bonds is 3. The number of hydrogen-bond donors (Lipinski definition) is 1. The van der Waals surface area contributed by atoms with Crippen molar-refractivity contribution in [2.45, 2.75) is 31.7 Å². The van der Waals surface area contributed by atoms with Crippen LogP contribution < -0.4 is 5.32 Å². The van der Waals surface area contributed by atoms with Crippen molar-refractivity contribution >= 4 is 11.2 Å². The van der Waals surface area contributed by atoms with Crippen molar-refractivity contribution in [3.63, 3.8) is 0 Å². The molecule has 2 saturated heterocycles. The quantitative estimate of drug-likeness (QED) is 0.937. The van der Waals surface area contributed by atoms with E-state index >= 15 is 0 Å². The van der Waals surface area contributed by atoms with E-state index < -0.39 is 0 Å². The fourth-order valence-corrected chi connectivity index (χ4v) is 3.59. The molecule has 4 heterocycles. The summed E-state index contributed by atoms with van der Waals surface area (Å²) in [5.41, 5.74) is 2.06. The number of aromatic nitrogens is 3. The molecular weight excluding hydrogens is 264 g/mol.